The summed E-state index contributed by atoms with van der Waals surface area (Å²) < 4.78 is 11.8. The average Bonchev–Trinajstić information content (AvgIpc) is 2.43. The van der Waals surface area contributed by atoms with Crippen LogP contribution in [0.3, 0.4) is 0 Å². The number of rotatable bonds is 13. The SMILES string of the molecule is FCCCCCCCCC#CCCCCCCCCl. The van der Waals surface area contributed by atoms with Gasteiger partial charge in [0.05, 0.1) is 6.67 Å². The van der Waals surface area contributed by atoms with Gasteiger partial charge < -0.3 is 0 Å². The van der Waals surface area contributed by atoms with Crippen LogP contribution in [0.2, 0.25) is 0 Å². The molecule has 0 aromatic carbocycles. The zero-order chi connectivity index (χ0) is 14.0. The minimum Gasteiger partial charge on any atom is -0.251 e. The summed E-state index contributed by atoms with van der Waals surface area (Å²) in [5.74, 6) is 7.32. The Bertz CT molecular complexity index is 217. The minimum absolute atomic E-state index is 0.155. The van der Waals surface area contributed by atoms with Crippen molar-refractivity contribution < 1.29 is 4.39 Å². The maximum Gasteiger partial charge on any atom is 0.0894 e. The summed E-state index contributed by atoms with van der Waals surface area (Å²) in [6, 6.07) is 0. The second-order valence-electron chi connectivity index (χ2n) is 5.12. The van der Waals surface area contributed by atoms with Crippen molar-refractivity contribution in [2.75, 3.05) is 12.6 Å². The second-order valence-corrected chi connectivity index (χ2v) is 5.50. The number of hydrogen-bond donors (Lipinski definition) is 0. The van der Waals surface area contributed by atoms with Gasteiger partial charge in [0.1, 0.15) is 0 Å². The molecule has 0 spiro atoms. The summed E-state index contributed by atoms with van der Waals surface area (Å²) in [5, 5.41) is 0. The van der Waals surface area contributed by atoms with E-state index in [0.717, 1.165) is 38.0 Å². The van der Waals surface area contributed by atoms with Crippen LogP contribution in [0.4, 0.5) is 4.39 Å². The molecule has 112 valence electrons. The molecule has 0 N–H and O–H groups in total. The summed E-state index contributed by atoms with van der Waals surface area (Å²) in [7, 11) is 0. The minimum atomic E-state index is -0.155. The standard InChI is InChI=1S/C17H30ClF/c18-16-14-12-10-8-6-4-2-1-3-5-7-9-11-13-15-17-19/h3-17H2. The molecule has 0 atom stereocenters. The van der Waals surface area contributed by atoms with E-state index in [9.17, 15) is 4.39 Å². The van der Waals surface area contributed by atoms with Gasteiger partial charge >= 0.3 is 0 Å². The summed E-state index contributed by atoms with van der Waals surface area (Å²) in [6.07, 6.45) is 15.0. The Morgan fingerprint density at radius 1 is 0.579 bits per heavy atom. The van der Waals surface area contributed by atoms with Crippen LogP contribution in [-0.2, 0) is 0 Å². The predicted molar refractivity (Wildman–Crippen MR) is 84.5 cm³/mol. The Morgan fingerprint density at radius 3 is 1.47 bits per heavy atom. The van der Waals surface area contributed by atoms with Crippen molar-refractivity contribution in [2.45, 2.75) is 83.5 Å². The first-order valence-electron chi connectivity index (χ1n) is 7.99. The molecule has 0 amide bonds. The summed E-state index contributed by atoms with van der Waals surface area (Å²) in [5.41, 5.74) is 0. The second kappa shape index (κ2) is 17.8. The van der Waals surface area contributed by atoms with Crippen molar-refractivity contribution in [1.29, 1.82) is 0 Å². The molecule has 0 aliphatic heterocycles. The van der Waals surface area contributed by atoms with E-state index >= 15 is 0 Å². The van der Waals surface area contributed by atoms with Gasteiger partial charge in [0.2, 0.25) is 0 Å². The normalized spacial score (nSPS) is 10.2. The molecular weight excluding hydrogens is 259 g/mol. The lowest BCUT2D eigenvalue weighted by Crippen LogP contribution is -1.81. The molecule has 0 nitrogen and oxygen atoms in total. The van der Waals surface area contributed by atoms with Crippen molar-refractivity contribution in [3.63, 3.8) is 0 Å². The van der Waals surface area contributed by atoms with Gasteiger partial charge in [-0.2, -0.15) is 0 Å². The Balaban J connectivity index is 3.05. The Hall–Kier alpha value is -0.220. The van der Waals surface area contributed by atoms with Gasteiger partial charge in [-0.25, -0.2) is 0 Å². The number of halogens is 2. The van der Waals surface area contributed by atoms with Crippen LogP contribution in [0.5, 0.6) is 0 Å². The van der Waals surface area contributed by atoms with Crippen molar-refractivity contribution in [1.82, 2.24) is 0 Å². The van der Waals surface area contributed by atoms with Crippen molar-refractivity contribution >= 4 is 11.6 Å². The Morgan fingerprint density at radius 2 is 1.00 bits per heavy atom. The highest BCUT2D eigenvalue weighted by Gasteiger charge is 1.90. The molecule has 0 radical (unpaired) electrons. The first kappa shape index (κ1) is 18.8. The van der Waals surface area contributed by atoms with E-state index in [1.165, 1.54) is 51.4 Å². The summed E-state index contributed by atoms with van der Waals surface area (Å²) in [6.45, 7) is -0.155. The van der Waals surface area contributed by atoms with Crippen LogP contribution in [-0.4, -0.2) is 12.6 Å². The smallest absolute Gasteiger partial charge is 0.0894 e. The van der Waals surface area contributed by atoms with E-state index < -0.39 is 0 Å². The zero-order valence-corrected chi connectivity index (χ0v) is 13.1. The fourth-order valence-corrected chi connectivity index (χ4v) is 2.22. The number of alkyl halides is 2. The first-order chi connectivity index (χ1) is 9.41. The molecule has 19 heavy (non-hydrogen) atoms. The molecule has 2 heteroatoms. The van der Waals surface area contributed by atoms with Gasteiger partial charge in [0.25, 0.3) is 0 Å². The average molecular weight is 289 g/mol. The van der Waals surface area contributed by atoms with Crippen LogP contribution >= 0.6 is 11.6 Å². The third-order valence-corrected chi connectivity index (χ3v) is 3.51. The maximum absolute atomic E-state index is 11.8. The molecule has 0 rings (SSSR count). The summed E-state index contributed by atoms with van der Waals surface area (Å²) in [4.78, 5) is 0. The molecule has 0 aliphatic carbocycles. The fourth-order valence-electron chi connectivity index (χ4n) is 2.03. The lowest BCUT2D eigenvalue weighted by Gasteiger charge is -1.97. The third kappa shape index (κ3) is 17.8. The predicted octanol–water partition coefficient (Wildman–Crippen LogP) is 6.27. The lowest BCUT2D eigenvalue weighted by molar-refractivity contribution is 0.450. The highest BCUT2D eigenvalue weighted by atomic mass is 35.5. The van der Waals surface area contributed by atoms with Crippen molar-refractivity contribution in [3.8, 4) is 11.8 Å². The molecular formula is C17H30ClF. The molecule has 0 fully saturated rings. The fraction of sp³-hybridized carbons (Fsp3) is 0.882. The van der Waals surface area contributed by atoms with E-state index in [2.05, 4.69) is 11.8 Å². The molecule has 0 aliphatic rings. The summed E-state index contributed by atoms with van der Waals surface area (Å²) >= 11 is 5.62. The van der Waals surface area contributed by atoms with Crippen molar-refractivity contribution in [2.24, 2.45) is 0 Å². The highest BCUT2D eigenvalue weighted by Crippen LogP contribution is 2.07. The molecule has 0 saturated carbocycles. The van der Waals surface area contributed by atoms with E-state index in [1.54, 1.807) is 0 Å². The third-order valence-electron chi connectivity index (χ3n) is 3.25. The van der Waals surface area contributed by atoms with Gasteiger partial charge in [-0.1, -0.05) is 44.9 Å². The van der Waals surface area contributed by atoms with Crippen molar-refractivity contribution in [3.05, 3.63) is 0 Å². The van der Waals surface area contributed by atoms with Gasteiger partial charge in [-0.05, 0) is 25.7 Å². The largest absolute Gasteiger partial charge is 0.251 e. The van der Waals surface area contributed by atoms with Crippen LogP contribution in [0.25, 0.3) is 0 Å². The number of hydrogen-bond acceptors (Lipinski definition) is 0. The van der Waals surface area contributed by atoms with Crippen LogP contribution in [0, 0.1) is 11.8 Å². The van der Waals surface area contributed by atoms with Crippen LogP contribution < -0.4 is 0 Å². The molecule has 0 saturated heterocycles. The molecule has 0 heterocycles. The number of unbranched alkanes of at least 4 members (excludes halogenated alkanes) is 11. The lowest BCUT2D eigenvalue weighted by atomic mass is 10.1. The topological polar surface area (TPSA) is 0 Å². The molecule has 0 bridgehead atoms. The molecule has 0 aromatic heterocycles. The molecule has 0 unspecified atom stereocenters. The zero-order valence-electron chi connectivity index (χ0n) is 12.4. The maximum atomic E-state index is 11.8. The Kier molecular flexibility index (Phi) is 17.6. The van der Waals surface area contributed by atoms with E-state index in [4.69, 9.17) is 11.6 Å². The van der Waals surface area contributed by atoms with Gasteiger partial charge in [-0.3, -0.25) is 4.39 Å². The van der Waals surface area contributed by atoms with Crippen LogP contribution in [0.15, 0.2) is 0 Å². The van der Waals surface area contributed by atoms with Gasteiger partial charge in [-0.15, -0.1) is 23.4 Å². The van der Waals surface area contributed by atoms with E-state index in [1.807, 2.05) is 0 Å². The Labute approximate surface area is 124 Å². The van der Waals surface area contributed by atoms with E-state index in [-0.39, 0.29) is 6.67 Å². The first-order valence-corrected chi connectivity index (χ1v) is 8.53. The van der Waals surface area contributed by atoms with Crippen LogP contribution in [0.1, 0.15) is 83.5 Å². The van der Waals surface area contributed by atoms with Gasteiger partial charge in [0, 0.05) is 18.7 Å². The monoisotopic (exact) mass is 288 g/mol. The van der Waals surface area contributed by atoms with E-state index in [0.29, 0.717) is 0 Å². The molecule has 0 aromatic rings. The quantitative estimate of drug-likeness (QED) is 0.213. The highest BCUT2D eigenvalue weighted by molar-refractivity contribution is 6.17. The van der Waals surface area contributed by atoms with Gasteiger partial charge in [0.15, 0.2) is 0 Å².